The highest BCUT2D eigenvalue weighted by atomic mass is 32.2. The van der Waals surface area contributed by atoms with Crippen LogP contribution < -0.4 is 0 Å². The van der Waals surface area contributed by atoms with Crippen molar-refractivity contribution in [3.63, 3.8) is 0 Å². The van der Waals surface area contributed by atoms with Gasteiger partial charge in [0.1, 0.15) is 0 Å². The molecule has 0 fully saturated rings. The van der Waals surface area contributed by atoms with Crippen molar-refractivity contribution in [3.8, 4) is 0 Å². The first-order valence-electron chi connectivity index (χ1n) is 1.92. The van der Waals surface area contributed by atoms with E-state index < -0.39 is 10.8 Å². The van der Waals surface area contributed by atoms with Crippen molar-refractivity contribution in [2.24, 2.45) is 0 Å². The van der Waals surface area contributed by atoms with Crippen LogP contribution in [-0.2, 0) is 10.8 Å². The molecule has 0 rings (SSSR count). The van der Waals surface area contributed by atoms with E-state index in [-0.39, 0.29) is 6.61 Å². The van der Waals surface area contributed by atoms with E-state index in [1.807, 2.05) is 0 Å². The molecule has 0 aliphatic heterocycles. The summed E-state index contributed by atoms with van der Waals surface area (Å²) in [4.78, 5) is 0. The minimum atomic E-state index is -1.01. The van der Waals surface area contributed by atoms with Crippen molar-refractivity contribution in [2.75, 3.05) is 12.4 Å². The maximum absolute atomic E-state index is 10.2. The van der Waals surface area contributed by atoms with Crippen molar-refractivity contribution in [1.82, 2.24) is 0 Å². The third kappa shape index (κ3) is 3.69. The molecule has 7 heavy (non-hydrogen) atoms. The third-order valence-corrected chi connectivity index (χ3v) is 1.44. The topological polar surface area (TPSA) is 37.3 Å². The van der Waals surface area contributed by atoms with Gasteiger partial charge < -0.3 is 5.11 Å². The number of hydrogen-bond acceptors (Lipinski definition) is 2. The largest absolute Gasteiger partial charge is 0.395 e. The number of aliphatic hydroxyl groups is 1. The fourth-order valence-electron chi connectivity index (χ4n) is 0.173. The van der Waals surface area contributed by atoms with Gasteiger partial charge in [-0.1, -0.05) is 6.58 Å². The summed E-state index contributed by atoms with van der Waals surface area (Å²) < 4.78 is 10.2. The van der Waals surface area contributed by atoms with Crippen LogP contribution in [0.15, 0.2) is 12.0 Å². The number of rotatable bonds is 3. The van der Waals surface area contributed by atoms with Crippen molar-refractivity contribution >= 4 is 10.8 Å². The van der Waals surface area contributed by atoms with Gasteiger partial charge in [-0.25, -0.2) is 0 Å². The van der Waals surface area contributed by atoms with E-state index in [2.05, 4.69) is 6.58 Å². The molecule has 0 aromatic heterocycles. The molecule has 0 radical (unpaired) electrons. The smallest absolute Gasteiger partial charge is 0.0549 e. The lowest BCUT2D eigenvalue weighted by Gasteiger charge is -1.84. The summed E-state index contributed by atoms with van der Waals surface area (Å²) in [5.41, 5.74) is 0. The molecule has 0 aliphatic rings. The molecule has 0 amide bonds. The van der Waals surface area contributed by atoms with E-state index in [1.165, 1.54) is 5.41 Å². The molecule has 1 atom stereocenters. The third-order valence-electron chi connectivity index (χ3n) is 0.478. The maximum atomic E-state index is 10.2. The standard InChI is InChI=1S/C4H8O2S/c1-2-7(6)4-3-5/h2,5H,1,3-4H2/t7-/m1/s1. The Kier molecular flexibility index (Phi) is 3.93. The predicted molar refractivity (Wildman–Crippen MR) is 30.3 cm³/mol. The quantitative estimate of drug-likeness (QED) is 0.563. The Hall–Kier alpha value is -0.150. The van der Waals surface area contributed by atoms with E-state index in [4.69, 9.17) is 5.11 Å². The van der Waals surface area contributed by atoms with E-state index in [0.717, 1.165) is 0 Å². The lowest BCUT2D eigenvalue weighted by Crippen LogP contribution is -1.96. The van der Waals surface area contributed by atoms with Crippen LogP contribution in [0.1, 0.15) is 0 Å². The normalized spacial score (nSPS) is 13.3. The van der Waals surface area contributed by atoms with Crippen LogP contribution in [0, 0.1) is 0 Å². The molecule has 42 valence electrons. The van der Waals surface area contributed by atoms with E-state index >= 15 is 0 Å². The second-order valence-electron chi connectivity index (χ2n) is 0.975. The molecular weight excluding hydrogens is 112 g/mol. The molecule has 0 aromatic carbocycles. The van der Waals surface area contributed by atoms with E-state index in [9.17, 15) is 4.21 Å². The first-order valence-corrected chi connectivity index (χ1v) is 3.30. The van der Waals surface area contributed by atoms with Crippen LogP contribution in [0.4, 0.5) is 0 Å². The van der Waals surface area contributed by atoms with Gasteiger partial charge in [-0.2, -0.15) is 0 Å². The highest BCUT2D eigenvalue weighted by Gasteiger charge is 1.85. The first-order chi connectivity index (χ1) is 3.31. The van der Waals surface area contributed by atoms with Gasteiger partial charge in [0.2, 0.25) is 0 Å². The van der Waals surface area contributed by atoms with Crippen molar-refractivity contribution in [3.05, 3.63) is 12.0 Å². The average Bonchev–Trinajstić information content (AvgIpc) is 1.68. The molecule has 0 bridgehead atoms. The monoisotopic (exact) mass is 120 g/mol. The Morgan fingerprint density at radius 1 is 1.86 bits per heavy atom. The zero-order valence-electron chi connectivity index (χ0n) is 3.96. The Labute approximate surface area is 45.3 Å². The SMILES string of the molecule is C=C[S@@](=O)CCO. The second-order valence-corrected chi connectivity index (χ2v) is 2.48. The average molecular weight is 120 g/mol. The summed E-state index contributed by atoms with van der Waals surface area (Å²) in [5, 5.41) is 9.44. The van der Waals surface area contributed by atoms with Gasteiger partial charge in [0.15, 0.2) is 0 Å². The van der Waals surface area contributed by atoms with Gasteiger partial charge in [-0.05, 0) is 5.41 Å². The minimum absolute atomic E-state index is 0.0291. The van der Waals surface area contributed by atoms with Gasteiger partial charge in [-0.3, -0.25) is 4.21 Å². The molecule has 2 nitrogen and oxygen atoms in total. The molecule has 0 spiro atoms. The summed E-state index contributed by atoms with van der Waals surface area (Å²) in [5.74, 6) is 0.309. The van der Waals surface area contributed by atoms with E-state index in [0.29, 0.717) is 5.75 Å². The molecule has 0 saturated heterocycles. The van der Waals surface area contributed by atoms with Crippen LogP contribution in [0.2, 0.25) is 0 Å². The van der Waals surface area contributed by atoms with Crippen LogP contribution >= 0.6 is 0 Å². The summed E-state index contributed by atoms with van der Waals surface area (Å²) >= 11 is 0. The molecule has 0 aromatic rings. The molecule has 0 unspecified atom stereocenters. The molecule has 0 saturated carbocycles. The van der Waals surface area contributed by atoms with Gasteiger partial charge in [0, 0.05) is 10.8 Å². The van der Waals surface area contributed by atoms with Gasteiger partial charge >= 0.3 is 0 Å². The fraction of sp³-hybridized carbons (Fsp3) is 0.500. The molecule has 0 aliphatic carbocycles. The van der Waals surface area contributed by atoms with E-state index in [1.54, 1.807) is 0 Å². The van der Waals surface area contributed by atoms with Gasteiger partial charge in [0.25, 0.3) is 0 Å². The molecule has 1 N–H and O–H groups in total. The molecule has 0 heterocycles. The van der Waals surface area contributed by atoms with Crippen molar-refractivity contribution in [2.45, 2.75) is 0 Å². The van der Waals surface area contributed by atoms with Crippen LogP contribution in [-0.4, -0.2) is 21.7 Å². The lowest BCUT2D eigenvalue weighted by molar-refractivity contribution is 0.321. The predicted octanol–water partition coefficient (Wildman–Crippen LogP) is -0.129. The minimum Gasteiger partial charge on any atom is -0.395 e. The second kappa shape index (κ2) is 4.02. The molecule has 3 heteroatoms. The zero-order valence-corrected chi connectivity index (χ0v) is 4.78. The van der Waals surface area contributed by atoms with Crippen molar-refractivity contribution in [1.29, 1.82) is 0 Å². The van der Waals surface area contributed by atoms with Crippen LogP contribution in [0.5, 0.6) is 0 Å². The van der Waals surface area contributed by atoms with Crippen molar-refractivity contribution < 1.29 is 9.32 Å². The Balaban J connectivity index is 3.17. The summed E-state index contributed by atoms with van der Waals surface area (Å²) in [6.45, 7) is 3.24. The first kappa shape index (κ1) is 6.85. The fourth-order valence-corrected chi connectivity index (χ4v) is 0.520. The Morgan fingerprint density at radius 2 is 2.43 bits per heavy atom. The Morgan fingerprint density at radius 3 is 2.57 bits per heavy atom. The van der Waals surface area contributed by atoms with Gasteiger partial charge in [-0.15, -0.1) is 0 Å². The lowest BCUT2D eigenvalue weighted by atomic mass is 10.9. The maximum Gasteiger partial charge on any atom is 0.0549 e. The Bertz CT molecular complexity index is 79.8. The van der Waals surface area contributed by atoms with Crippen LogP contribution in [0.3, 0.4) is 0 Å². The molecular formula is C4H8O2S. The summed E-state index contributed by atoms with van der Waals surface area (Å²) in [6.07, 6.45) is 0. The summed E-state index contributed by atoms with van der Waals surface area (Å²) in [7, 11) is -1.01. The number of hydrogen-bond donors (Lipinski definition) is 1. The zero-order chi connectivity index (χ0) is 5.70. The highest BCUT2D eigenvalue weighted by Crippen LogP contribution is 1.77. The number of aliphatic hydroxyl groups excluding tert-OH is 1. The highest BCUT2D eigenvalue weighted by molar-refractivity contribution is 7.87. The van der Waals surface area contributed by atoms with Crippen LogP contribution in [0.25, 0.3) is 0 Å². The van der Waals surface area contributed by atoms with Gasteiger partial charge in [0.05, 0.1) is 12.4 Å². The summed E-state index contributed by atoms with van der Waals surface area (Å²) in [6, 6.07) is 0.